The van der Waals surface area contributed by atoms with E-state index in [0.717, 1.165) is 5.56 Å². The molecule has 1 unspecified atom stereocenters. The van der Waals surface area contributed by atoms with Crippen molar-refractivity contribution in [1.82, 2.24) is 15.0 Å². The largest absolute Gasteiger partial charge is 0.358 e. The van der Waals surface area contributed by atoms with Gasteiger partial charge < -0.3 is 10.7 Å². The lowest BCUT2D eigenvalue weighted by molar-refractivity contribution is -0.383. The van der Waals surface area contributed by atoms with Gasteiger partial charge in [0, 0.05) is 12.4 Å². The smallest absolute Gasteiger partial charge is 0.354 e. The fraction of sp³-hybridized carbons (Fsp3) is 0.182. The predicted molar refractivity (Wildman–Crippen MR) is 72.8 cm³/mol. The third kappa shape index (κ3) is 2.78. The van der Waals surface area contributed by atoms with E-state index in [4.69, 9.17) is 5.84 Å². The van der Waals surface area contributed by atoms with Crippen molar-refractivity contribution in [2.24, 2.45) is 5.84 Å². The number of hydrogen-bond donors (Lipinski definition) is 3. The molecule has 1 atom stereocenters. The molecule has 2 aromatic rings. The quantitative estimate of drug-likeness (QED) is 0.421. The second kappa shape index (κ2) is 5.89. The molecule has 0 amide bonds. The zero-order valence-corrected chi connectivity index (χ0v) is 10.6. The molecule has 0 aliphatic rings. The number of aromatic nitrogens is 3. The van der Waals surface area contributed by atoms with E-state index in [1.54, 1.807) is 12.4 Å². The van der Waals surface area contributed by atoms with Crippen LogP contribution >= 0.6 is 0 Å². The van der Waals surface area contributed by atoms with E-state index in [-0.39, 0.29) is 23.4 Å². The van der Waals surface area contributed by atoms with Gasteiger partial charge in [-0.15, -0.1) is 0 Å². The van der Waals surface area contributed by atoms with Crippen LogP contribution in [0, 0.1) is 10.1 Å². The molecular weight excluding hydrogens is 262 g/mol. The lowest BCUT2D eigenvalue weighted by Gasteiger charge is -2.15. The van der Waals surface area contributed by atoms with Crippen LogP contribution < -0.4 is 16.6 Å². The Morgan fingerprint density at radius 1 is 1.30 bits per heavy atom. The van der Waals surface area contributed by atoms with Gasteiger partial charge in [-0.25, -0.2) is 15.8 Å². The molecule has 2 rings (SSSR count). The van der Waals surface area contributed by atoms with Gasteiger partial charge in [0.15, 0.2) is 0 Å². The van der Waals surface area contributed by atoms with E-state index >= 15 is 0 Å². The van der Waals surface area contributed by atoms with Gasteiger partial charge in [0.1, 0.15) is 6.33 Å². The second-order valence-corrected chi connectivity index (χ2v) is 3.97. The number of pyridine rings is 1. The maximum atomic E-state index is 11.1. The maximum Gasteiger partial charge on any atom is 0.354 e. The van der Waals surface area contributed by atoms with Gasteiger partial charge in [0.05, 0.1) is 11.0 Å². The number of nitrogens with one attached hydrogen (secondary N) is 2. The minimum atomic E-state index is -0.587. The highest BCUT2D eigenvalue weighted by Gasteiger charge is 2.23. The first kappa shape index (κ1) is 13.6. The van der Waals surface area contributed by atoms with Crippen molar-refractivity contribution in [3.8, 4) is 0 Å². The Labute approximate surface area is 114 Å². The minimum Gasteiger partial charge on any atom is -0.358 e. The lowest BCUT2D eigenvalue weighted by Crippen LogP contribution is -2.15. The summed E-state index contributed by atoms with van der Waals surface area (Å²) in [6.45, 7) is 1.86. The van der Waals surface area contributed by atoms with E-state index in [0.29, 0.717) is 0 Å². The zero-order chi connectivity index (χ0) is 14.5. The van der Waals surface area contributed by atoms with Crippen LogP contribution in [0.2, 0.25) is 0 Å². The molecule has 20 heavy (non-hydrogen) atoms. The average Bonchev–Trinajstić information content (AvgIpc) is 2.47. The SMILES string of the molecule is CC(Nc1ncnc(NN)c1[N+](=O)[O-])c1ccncc1. The Bertz CT molecular complexity index is 605. The average molecular weight is 275 g/mol. The van der Waals surface area contributed by atoms with Crippen molar-refractivity contribution < 1.29 is 4.92 Å². The molecule has 2 heterocycles. The fourth-order valence-corrected chi connectivity index (χ4v) is 1.70. The summed E-state index contributed by atoms with van der Waals surface area (Å²) in [7, 11) is 0. The van der Waals surface area contributed by atoms with Gasteiger partial charge in [-0.1, -0.05) is 0 Å². The number of rotatable bonds is 5. The van der Waals surface area contributed by atoms with Gasteiger partial charge in [-0.05, 0) is 24.6 Å². The summed E-state index contributed by atoms with van der Waals surface area (Å²) >= 11 is 0. The molecule has 0 saturated carbocycles. The highest BCUT2D eigenvalue weighted by atomic mass is 16.6. The first-order valence-electron chi connectivity index (χ1n) is 5.76. The molecule has 0 aliphatic heterocycles. The van der Waals surface area contributed by atoms with Crippen LogP contribution in [0.4, 0.5) is 17.3 Å². The highest BCUT2D eigenvalue weighted by molar-refractivity contribution is 5.69. The number of nitrogen functional groups attached to an aromatic ring is 1. The molecule has 0 aromatic carbocycles. The van der Waals surface area contributed by atoms with Crippen molar-refractivity contribution in [2.75, 3.05) is 10.7 Å². The zero-order valence-electron chi connectivity index (χ0n) is 10.6. The van der Waals surface area contributed by atoms with E-state index in [1.165, 1.54) is 6.33 Å². The Balaban J connectivity index is 2.32. The van der Waals surface area contributed by atoms with Gasteiger partial charge >= 0.3 is 5.69 Å². The van der Waals surface area contributed by atoms with E-state index in [2.05, 4.69) is 25.7 Å². The number of nitrogens with zero attached hydrogens (tertiary/aromatic N) is 4. The van der Waals surface area contributed by atoms with E-state index in [9.17, 15) is 10.1 Å². The summed E-state index contributed by atoms with van der Waals surface area (Å²) in [6.07, 6.45) is 4.49. The monoisotopic (exact) mass is 275 g/mol. The van der Waals surface area contributed by atoms with Crippen molar-refractivity contribution in [2.45, 2.75) is 13.0 Å². The van der Waals surface area contributed by atoms with Crippen LogP contribution in [0.3, 0.4) is 0 Å². The summed E-state index contributed by atoms with van der Waals surface area (Å²) in [6, 6.07) is 3.44. The summed E-state index contributed by atoms with van der Waals surface area (Å²) in [5, 5.41) is 14.1. The summed E-state index contributed by atoms with van der Waals surface area (Å²) in [5.74, 6) is 5.27. The molecule has 0 radical (unpaired) electrons. The van der Waals surface area contributed by atoms with Crippen LogP contribution in [0.25, 0.3) is 0 Å². The van der Waals surface area contributed by atoms with Crippen molar-refractivity contribution >= 4 is 17.3 Å². The first-order chi connectivity index (χ1) is 9.63. The Morgan fingerprint density at radius 3 is 2.55 bits per heavy atom. The topological polar surface area (TPSA) is 132 Å². The first-order valence-corrected chi connectivity index (χ1v) is 5.76. The fourth-order valence-electron chi connectivity index (χ4n) is 1.70. The van der Waals surface area contributed by atoms with Crippen molar-refractivity contribution in [3.05, 3.63) is 46.5 Å². The number of nitro groups is 1. The van der Waals surface area contributed by atoms with Gasteiger partial charge in [0.2, 0.25) is 11.6 Å². The molecule has 0 fully saturated rings. The standard InChI is InChI=1S/C11H13N7O2/c1-7(8-2-4-13-5-3-8)16-10-9(18(19)20)11(17-12)15-6-14-10/h2-7H,12H2,1H3,(H2,14,15,16,17). The number of nitrogens with two attached hydrogens (primary N) is 1. The maximum absolute atomic E-state index is 11.1. The Morgan fingerprint density at radius 2 is 1.95 bits per heavy atom. The molecular formula is C11H13N7O2. The van der Waals surface area contributed by atoms with Crippen molar-refractivity contribution in [1.29, 1.82) is 0 Å². The number of anilines is 2. The molecule has 0 aliphatic carbocycles. The van der Waals surface area contributed by atoms with Gasteiger partial charge in [-0.3, -0.25) is 15.1 Å². The van der Waals surface area contributed by atoms with Crippen LogP contribution in [-0.4, -0.2) is 19.9 Å². The molecule has 0 spiro atoms. The third-order valence-electron chi connectivity index (χ3n) is 2.70. The van der Waals surface area contributed by atoms with Gasteiger partial charge in [-0.2, -0.15) is 0 Å². The summed E-state index contributed by atoms with van der Waals surface area (Å²) in [5.41, 5.74) is 2.82. The third-order valence-corrected chi connectivity index (χ3v) is 2.70. The van der Waals surface area contributed by atoms with Crippen LogP contribution in [0.1, 0.15) is 18.5 Å². The summed E-state index contributed by atoms with van der Waals surface area (Å²) < 4.78 is 0. The lowest BCUT2D eigenvalue weighted by atomic mass is 10.1. The van der Waals surface area contributed by atoms with Crippen LogP contribution in [-0.2, 0) is 0 Å². The molecule has 104 valence electrons. The summed E-state index contributed by atoms with van der Waals surface area (Å²) in [4.78, 5) is 22.1. The molecule has 0 saturated heterocycles. The Hall–Kier alpha value is -2.81. The minimum absolute atomic E-state index is 0.0468. The molecule has 4 N–H and O–H groups in total. The number of hydrazine groups is 1. The van der Waals surface area contributed by atoms with Crippen LogP contribution in [0.5, 0.6) is 0 Å². The normalized spacial score (nSPS) is 11.7. The second-order valence-electron chi connectivity index (χ2n) is 3.97. The molecule has 0 bridgehead atoms. The van der Waals surface area contributed by atoms with Crippen molar-refractivity contribution in [3.63, 3.8) is 0 Å². The number of hydrogen-bond acceptors (Lipinski definition) is 8. The molecule has 2 aromatic heterocycles. The predicted octanol–water partition coefficient (Wildman–Crippen LogP) is 1.24. The van der Waals surface area contributed by atoms with Crippen LogP contribution in [0.15, 0.2) is 30.9 Å². The Kier molecular flexibility index (Phi) is 4.01. The van der Waals surface area contributed by atoms with E-state index in [1.807, 2.05) is 19.1 Å². The molecule has 9 heteroatoms. The van der Waals surface area contributed by atoms with E-state index < -0.39 is 4.92 Å². The molecule has 9 nitrogen and oxygen atoms in total. The van der Waals surface area contributed by atoms with Gasteiger partial charge in [0.25, 0.3) is 0 Å². The highest BCUT2D eigenvalue weighted by Crippen LogP contribution is 2.30.